The fourth-order valence-electron chi connectivity index (χ4n) is 1.95. The molecule has 0 bridgehead atoms. The molecule has 106 valence electrons. The Hall–Kier alpha value is -0.550. The second-order valence-electron chi connectivity index (χ2n) is 4.42. The lowest BCUT2D eigenvalue weighted by Gasteiger charge is -2.21. The van der Waals surface area contributed by atoms with Gasteiger partial charge in [-0.2, -0.15) is 0 Å². The fourth-order valence-corrected chi connectivity index (χ4v) is 3.91. The van der Waals surface area contributed by atoms with Crippen molar-refractivity contribution in [1.29, 1.82) is 0 Å². The highest BCUT2D eigenvalue weighted by Crippen LogP contribution is 2.58. The van der Waals surface area contributed by atoms with Crippen LogP contribution >= 0.6 is 7.94 Å². The summed E-state index contributed by atoms with van der Waals surface area (Å²) in [7, 11) is -3.12. The summed E-state index contributed by atoms with van der Waals surface area (Å²) >= 11 is 0. The van der Waals surface area contributed by atoms with Crippen molar-refractivity contribution in [3.63, 3.8) is 0 Å². The average molecular weight is 286 g/mol. The molecule has 1 unspecified atom stereocenters. The molecule has 6 heteroatoms. The monoisotopic (exact) mass is 286 g/mol. The van der Waals surface area contributed by atoms with E-state index in [1.54, 1.807) is 6.92 Å². The maximum absolute atomic E-state index is 12.0. The van der Waals surface area contributed by atoms with Gasteiger partial charge in [0.05, 0.1) is 19.8 Å². The summed E-state index contributed by atoms with van der Waals surface area (Å²) < 4.78 is 15.9. The van der Waals surface area contributed by atoms with Gasteiger partial charge in [0.25, 0.3) is 0 Å². The number of benzene rings is 1. The minimum atomic E-state index is -3.12. The predicted molar refractivity (Wildman–Crippen MR) is 70.4 cm³/mol. The van der Waals surface area contributed by atoms with Crippen LogP contribution < -0.4 is 4.89 Å². The van der Waals surface area contributed by atoms with E-state index in [1.807, 2.05) is 30.3 Å². The van der Waals surface area contributed by atoms with Gasteiger partial charge in [-0.15, -0.1) is 0 Å². The molecular weight excluding hydrogens is 267 g/mol. The van der Waals surface area contributed by atoms with E-state index in [1.165, 1.54) is 0 Å². The lowest BCUT2D eigenvalue weighted by Crippen LogP contribution is -2.27. The fraction of sp³-hybridized carbons (Fsp3) is 0.538. The number of ether oxygens (including phenoxy) is 1. The third kappa shape index (κ3) is 4.21. The van der Waals surface area contributed by atoms with Crippen LogP contribution in [0.4, 0.5) is 0 Å². The summed E-state index contributed by atoms with van der Waals surface area (Å²) in [6.45, 7) is 2.69. The molecule has 0 saturated carbocycles. The summed E-state index contributed by atoms with van der Waals surface area (Å²) in [5.41, 5.74) is 1.04. The van der Waals surface area contributed by atoms with Crippen LogP contribution in [0.3, 0.4) is 0 Å². The van der Waals surface area contributed by atoms with Gasteiger partial charge in [-0.05, 0) is 12.5 Å². The van der Waals surface area contributed by atoms with Crippen LogP contribution in [-0.4, -0.2) is 36.7 Å². The van der Waals surface area contributed by atoms with Gasteiger partial charge in [0.15, 0.2) is 6.10 Å². The van der Waals surface area contributed by atoms with Crippen molar-refractivity contribution in [2.45, 2.75) is 25.7 Å². The molecule has 19 heavy (non-hydrogen) atoms. The second kappa shape index (κ2) is 6.75. The smallest absolute Gasteiger partial charge is 0.241 e. The molecule has 1 heterocycles. The van der Waals surface area contributed by atoms with Gasteiger partial charge in [0.1, 0.15) is 12.3 Å². The predicted octanol–water partition coefficient (Wildman–Crippen LogP) is 1.12. The average Bonchev–Trinajstić information content (AvgIpc) is 2.66. The number of aliphatic hydroxyl groups excluding tert-OH is 1. The maximum Gasteiger partial charge on any atom is 0.241 e. The zero-order valence-corrected chi connectivity index (χ0v) is 11.8. The molecule has 1 aromatic rings. The highest BCUT2D eigenvalue weighted by Gasteiger charge is 2.48. The van der Waals surface area contributed by atoms with Crippen LogP contribution in [0, 0.1) is 0 Å². The van der Waals surface area contributed by atoms with Crippen molar-refractivity contribution in [2.24, 2.45) is 0 Å². The van der Waals surface area contributed by atoms with E-state index in [0.29, 0.717) is 13.2 Å². The van der Waals surface area contributed by atoms with Crippen molar-refractivity contribution in [1.82, 2.24) is 0 Å². The normalized spacial score (nSPS) is 30.7. The molecule has 5 nitrogen and oxygen atoms in total. The van der Waals surface area contributed by atoms with Crippen molar-refractivity contribution in [3.8, 4) is 0 Å². The molecule has 1 fully saturated rings. The highest BCUT2D eigenvalue weighted by atomic mass is 31.2. The largest absolute Gasteiger partial charge is 0.631 e. The third-order valence-corrected chi connectivity index (χ3v) is 4.92. The first-order chi connectivity index (χ1) is 9.13. The molecule has 1 aliphatic heterocycles. The SMILES string of the molecule is CCO[P+]1([O-])C[C@@H](O)[C@@H](COCc2ccccc2)O1. The summed E-state index contributed by atoms with van der Waals surface area (Å²) in [6.07, 6.45) is -1.34. The molecule has 3 atom stereocenters. The molecule has 1 N–H and O–H groups in total. The topological polar surface area (TPSA) is 71.0 Å². The van der Waals surface area contributed by atoms with Crippen LogP contribution in [0.15, 0.2) is 30.3 Å². The summed E-state index contributed by atoms with van der Waals surface area (Å²) in [4.78, 5) is 12.0. The van der Waals surface area contributed by atoms with Crippen LogP contribution in [0.25, 0.3) is 0 Å². The van der Waals surface area contributed by atoms with Gasteiger partial charge in [0.2, 0.25) is 7.94 Å². The Morgan fingerprint density at radius 2 is 2.16 bits per heavy atom. The Bertz CT molecular complexity index is 388. The summed E-state index contributed by atoms with van der Waals surface area (Å²) in [5.74, 6) is 0. The number of hydrogen-bond acceptors (Lipinski definition) is 5. The first kappa shape index (κ1) is 14.9. The lowest BCUT2D eigenvalue weighted by atomic mass is 10.2. The van der Waals surface area contributed by atoms with Gasteiger partial charge >= 0.3 is 0 Å². The van der Waals surface area contributed by atoms with Gasteiger partial charge in [-0.25, -0.2) is 9.05 Å². The molecule has 0 radical (unpaired) electrons. The number of rotatable bonds is 6. The zero-order chi connectivity index (χ0) is 13.7. The van der Waals surface area contributed by atoms with E-state index < -0.39 is 20.2 Å². The Morgan fingerprint density at radius 3 is 2.84 bits per heavy atom. The van der Waals surface area contributed by atoms with Crippen molar-refractivity contribution >= 4 is 7.94 Å². The van der Waals surface area contributed by atoms with E-state index in [2.05, 4.69) is 0 Å². The van der Waals surface area contributed by atoms with Gasteiger partial charge in [0, 0.05) is 0 Å². The molecule has 1 aliphatic rings. The van der Waals surface area contributed by atoms with E-state index in [9.17, 15) is 10.00 Å². The quantitative estimate of drug-likeness (QED) is 0.794. The van der Waals surface area contributed by atoms with E-state index in [0.717, 1.165) is 5.56 Å². The number of aliphatic hydroxyl groups is 1. The summed E-state index contributed by atoms with van der Waals surface area (Å²) in [6, 6.07) is 9.71. The first-order valence-corrected chi connectivity index (χ1v) is 8.07. The Kier molecular flexibility index (Phi) is 5.28. The molecule has 0 amide bonds. The molecule has 1 aromatic carbocycles. The lowest BCUT2D eigenvalue weighted by molar-refractivity contribution is -0.218. The minimum Gasteiger partial charge on any atom is -0.631 e. The Balaban J connectivity index is 1.77. The standard InChI is InChI=1S/C13H19O5P/c1-2-17-19(15)10-12(14)13(18-19)9-16-8-11-6-4-3-5-7-11/h3-7,12-14H,2,8-10H2,1H3/t12-,13-,19?/m1/s1. The Labute approximate surface area is 113 Å². The second-order valence-corrected chi connectivity index (χ2v) is 6.48. The highest BCUT2D eigenvalue weighted by molar-refractivity contribution is 7.59. The molecule has 2 rings (SSSR count). The van der Waals surface area contributed by atoms with Crippen LogP contribution in [0.2, 0.25) is 0 Å². The maximum atomic E-state index is 12.0. The van der Waals surface area contributed by atoms with Crippen molar-refractivity contribution in [2.75, 3.05) is 19.4 Å². The molecule has 0 spiro atoms. The molecule has 0 aromatic heterocycles. The molecule has 1 saturated heterocycles. The minimum absolute atomic E-state index is 0.0419. The van der Waals surface area contributed by atoms with Gasteiger partial charge in [-0.3, -0.25) is 0 Å². The van der Waals surface area contributed by atoms with E-state index >= 15 is 0 Å². The Morgan fingerprint density at radius 1 is 1.42 bits per heavy atom. The molecule has 0 aliphatic carbocycles. The summed E-state index contributed by atoms with van der Waals surface area (Å²) in [5, 5.41) is 9.79. The van der Waals surface area contributed by atoms with Crippen LogP contribution in [0.1, 0.15) is 12.5 Å². The molecular formula is C13H19O5P. The third-order valence-electron chi connectivity index (χ3n) is 2.86. The zero-order valence-electron chi connectivity index (χ0n) is 10.9. The van der Waals surface area contributed by atoms with Gasteiger partial charge < -0.3 is 14.7 Å². The van der Waals surface area contributed by atoms with Crippen molar-refractivity contribution < 1.29 is 23.8 Å². The van der Waals surface area contributed by atoms with E-state index in [4.69, 9.17) is 13.8 Å². The number of hydrogen-bond donors (Lipinski definition) is 1. The van der Waals surface area contributed by atoms with Crippen molar-refractivity contribution in [3.05, 3.63) is 35.9 Å². The van der Waals surface area contributed by atoms with Crippen LogP contribution in [0.5, 0.6) is 0 Å². The van der Waals surface area contributed by atoms with Gasteiger partial charge in [-0.1, -0.05) is 30.3 Å². The van der Waals surface area contributed by atoms with E-state index in [-0.39, 0.29) is 12.8 Å². The van der Waals surface area contributed by atoms with Crippen LogP contribution in [-0.2, 0) is 20.4 Å². The first-order valence-electron chi connectivity index (χ1n) is 6.35.